The van der Waals surface area contributed by atoms with Gasteiger partial charge >= 0.3 is 23.9 Å². The van der Waals surface area contributed by atoms with E-state index in [9.17, 15) is 19.2 Å². The second-order valence-electron chi connectivity index (χ2n) is 9.58. The highest BCUT2D eigenvalue weighted by Crippen LogP contribution is 2.04. The number of carbonyl (C=O) groups is 4. The van der Waals surface area contributed by atoms with Crippen LogP contribution >= 0.6 is 0 Å². The molecular weight excluding hydrogens is 542 g/mol. The van der Waals surface area contributed by atoms with Gasteiger partial charge in [-0.1, -0.05) is 50.6 Å². The average molecular weight is 594 g/mol. The molecule has 0 saturated heterocycles. The van der Waals surface area contributed by atoms with E-state index >= 15 is 0 Å². The molecule has 11 nitrogen and oxygen atoms in total. The molecule has 0 aliphatic rings. The average Bonchev–Trinajstić information content (AvgIpc) is 2.98. The van der Waals surface area contributed by atoms with E-state index in [-0.39, 0.29) is 76.0 Å². The lowest BCUT2D eigenvalue weighted by Gasteiger charge is -2.25. The van der Waals surface area contributed by atoms with Gasteiger partial charge in [-0.2, -0.15) is 0 Å². The van der Waals surface area contributed by atoms with Crippen molar-refractivity contribution in [3.63, 3.8) is 0 Å². The molecule has 0 rings (SSSR count). The molecule has 0 unspecified atom stereocenters. The summed E-state index contributed by atoms with van der Waals surface area (Å²) >= 11 is 0. The maximum atomic E-state index is 11.9. The zero-order valence-corrected chi connectivity index (χ0v) is 25.5. The Bertz CT molecular complexity index is 711. The Balaban J connectivity index is 4.70. The number of rotatable bonds is 28. The summed E-state index contributed by atoms with van der Waals surface area (Å²) in [7, 11) is 2.03. The highest BCUT2D eigenvalue weighted by molar-refractivity contribution is 5.71. The molecule has 0 radical (unpaired) electrons. The highest BCUT2D eigenvalue weighted by Gasteiger charge is 2.14. The minimum absolute atomic E-state index is 0.174. The standard InChI is InChI=1S/C31H51N3O8/c1-6-24-39-28(35)12-20-33(21-13-29(36)40-25-7-2)18-10-16-32(5)17-11-19-34(22-14-30(37)41-26-8-3)23-15-31(38)42-27-9-4/h6-9H,1-4,10-27H2,5H3. The zero-order valence-electron chi connectivity index (χ0n) is 25.5. The molecule has 0 aromatic carbocycles. The van der Waals surface area contributed by atoms with Gasteiger partial charge in [-0.25, -0.2) is 0 Å². The fourth-order valence-corrected chi connectivity index (χ4v) is 3.80. The summed E-state index contributed by atoms with van der Waals surface area (Å²) in [6.45, 7) is 19.8. The van der Waals surface area contributed by atoms with E-state index in [1.54, 1.807) is 0 Å². The van der Waals surface area contributed by atoms with Crippen molar-refractivity contribution in [3.05, 3.63) is 50.6 Å². The second kappa shape index (κ2) is 26.6. The van der Waals surface area contributed by atoms with Gasteiger partial charge in [0.1, 0.15) is 26.4 Å². The Morgan fingerprint density at radius 1 is 0.476 bits per heavy atom. The van der Waals surface area contributed by atoms with Crippen LogP contribution in [0.2, 0.25) is 0 Å². The molecule has 0 aliphatic heterocycles. The monoisotopic (exact) mass is 593 g/mol. The third-order valence-electron chi connectivity index (χ3n) is 6.01. The normalized spacial score (nSPS) is 10.8. The molecular formula is C31H51N3O8. The first-order valence-electron chi connectivity index (χ1n) is 14.4. The van der Waals surface area contributed by atoms with Crippen molar-refractivity contribution in [2.24, 2.45) is 0 Å². The summed E-state index contributed by atoms with van der Waals surface area (Å²) in [4.78, 5) is 54.1. The van der Waals surface area contributed by atoms with Gasteiger partial charge in [0.25, 0.3) is 0 Å². The Kier molecular flexibility index (Phi) is 24.5. The fourth-order valence-electron chi connectivity index (χ4n) is 3.80. The number of hydrogen-bond donors (Lipinski definition) is 0. The van der Waals surface area contributed by atoms with Gasteiger partial charge in [0, 0.05) is 26.2 Å². The van der Waals surface area contributed by atoms with Crippen molar-refractivity contribution in [1.82, 2.24) is 14.7 Å². The van der Waals surface area contributed by atoms with Crippen molar-refractivity contribution < 1.29 is 38.1 Å². The van der Waals surface area contributed by atoms with Crippen LogP contribution in [-0.2, 0) is 38.1 Å². The van der Waals surface area contributed by atoms with Gasteiger partial charge in [0.05, 0.1) is 25.7 Å². The smallest absolute Gasteiger partial charge is 0.307 e. The summed E-state index contributed by atoms with van der Waals surface area (Å²) in [6.07, 6.45) is 8.68. The second-order valence-corrected chi connectivity index (χ2v) is 9.58. The van der Waals surface area contributed by atoms with E-state index < -0.39 is 0 Å². The van der Waals surface area contributed by atoms with Crippen molar-refractivity contribution in [3.8, 4) is 0 Å². The maximum Gasteiger partial charge on any atom is 0.307 e. The van der Waals surface area contributed by atoms with Crippen molar-refractivity contribution in [2.45, 2.75) is 38.5 Å². The van der Waals surface area contributed by atoms with Crippen LogP contribution in [0.5, 0.6) is 0 Å². The minimum Gasteiger partial charge on any atom is -0.461 e. The lowest BCUT2D eigenvalue weighted by molar-refractivity contribution is -0.144. The molecule has 238 valence electrons. The number of nitrogens with zero attached hydrogens (tertiary/aromatic N) is 3. The molecule has 42 heavy (non-hydrogen) atoms. The summed E-state index contributed by atoms with van der Waals surface area (Å²) in [5.41, 5.74) is 0. The lowest BCUT2D eigenvalue weighted by atomic mass is 10.2. The maximum absolute atomic E-state index is 11.9. The predicted octanol–water partition coefficient (Wildman–Crippen LogP) is 2.78. The van der Waals surface area contributed by atoms with Crippen LogP contribution in [0.1, 0.15) is 38.5 Å². The molecule has 0 bridgehead atoms. The van der Waals surface area contributed by atoms with Gasteiger partial charge in [0.15, 0.2) is 0 Å². The molecule has 11 heteroatoms. The molecule has 0 aromatic heterocycles. The third-order valence-corrected chi connectivity index (χ3v) is 6.01. The SMILES string of the molecule is C=CCOC(=O)CCN(CCCN(C)CCCN(CCC(=O)OCC=C)CCC(=O)OCC=C)CCC(=O)OCC=C. The van der Waals surface area contributed by atoms with Crippen LogP contribution in [0, 0.1) is 0 Å². The summed E-state index contributed by atoms with van der Waals surface area (Å²) in [5.74, 6) is -1.23. The van der Waals surface area contributed by atoms with Gasteiger partial charge in [-0.05, 0) is 46.1 Å². The molecule has 0 N–H and O–H groups in total. The number of ether oxygens (including phenoxy) is 4. The number of carbonyl (C=O) groups excluding carboxylic acids is 4. The predicted molar refractivity (Wildman–Crippen MR) is 163 cm³/mol. The topological polar surface area (TPSA) is 115 Å². The van der Waals surface area contributed by atoms with Crippen LogP contribution in [0.3, 0.4) is 0 Å². The Labute approximate surface area is 251 Å². The fraction of sp³-hybridized carbons (Fsp3) is 0.613. The Hall–Kier alpha value is -3.28. The van der Waals surface area contributed by atoms with Gasteiger partial charge < -0.3 is 33.6 Å². The van der Waals surface area contributed by atoms with Crippen molar-refractivity contribution >= 4 is 23.9 Å². The van der Waals surface area contributed by atoms with Gasteiger partial charge in [-0.3, -0.25) is 19.2 Å². The van der Waals surface area contributed by atoms with Gasteiger partial charge in [0.2, 0.25) is 0 Å². The Morgan fingerprint density at radius 3 is 0.976 bits per heavy atom. The van der Waals surface area contributed by atoms with Crippen LogP contribution in [0.4, 0.5) is 0 Å². The zero-order chi connectivity index (χ0) is 31.4. The molecule has 0 atom stereocenters. The number of esters is 4. The van der Waals surface area contributed by atoms with Crippen LogP contribution < -0.4 is 0 Å². The first kappa shape index (κ1) is 38.7. The van der Waals surface area contributed by atoms with Crippen molar-refractivity contribution in [1.29, 1.82) is 0 Å². The van der Waals surface area contributed by atoms with Crippen LogP contribution in [-0.4, -0.2) is 124 Å². The summed E-state index contributed by atoms with van der Waals surface area (Å²) < 4.78 is 20.3. The largest absolute Gasteiger partial charge is 0.461 e. The molecule has 0 saturated carbocycles. The molecule has 0 amide bonds. The highest BCUT2D eigenvalue weighted by atomic mass is 16.5. The molecule has 0 aromatic rings. The lowest BCUT2D eigenvalue weighted by Crippen LogP contribution is -2.34. The quantitative estimate of drug-likeness (QED) is 0.0758. The van der Waals surface area contributed by atoms with Crippen LogP contribution in [0.15, 0.2) is 50.6 Å². The minimum atomic E-state index is -0.307. The van der Waals surface area contributed by atoms with Gasteiger partial charge in [-0.15, -0.1) is 0 Å². The van der Waals surface area contributed by atoms with E-state index in [0.717, 1.165) is 25.9 Å². The van der Waals surface area contributed by atoms with Crippen LogP contribution in [0.25, 0.3) is 0 Å². The number of hydrogen-bond acceptors (Lipinski definition) is 11. The van der Waals surface area contributed by atoms with E-state index in [1.807, 2.05) is 7.05 Å². The molecule has 0 heterocycles. The molecule has 0 fully saturated rings. The summed E-state index contributed by atoms with van der Waals surface area (Å²) in [5, 5.41) is 0. The third kappa shape index (κ3) is 23.4. The molecule has 0 aliphatic carbocycles. The molecule has 0 spiro atoms. The van der Waals surface area contributed by atoms with E-state index in [1.165, 1.54) is 24.3 Å². The first-order chi connectivity index (χ1) is 20.2. The first-order valence-corrected chi connectivity index (χ1v) is 14.4. The Morgan fingerprint density at radius 2 is 0.738 bits per heavy atom. The van der Waals surface area contributed by atoms with E-state index in [0.29, 0.717) is 39.3 Å². The summed E-state index contributed by atoms with van der Waals surface area (Å²) in [6, 6.07) is 0. The van der Waals surface area contributed by atoms with E-state index in [2.05, 4.69) is 41.0 Å². The van der Waals surface area contributed by atoms with E-state index in [4.69, 9.17) is 18.9 Å². The van der Waals surface area contributed by atoms with Crippen molar-refractivity contribution in [2.75, 3.05) is 85.8 Å².